The number of aromatic nitrogens is 1. The highest BCUT2D eigenvalue weighted by Crippen LogP contribution is 2.23. The van der Waals surface area contributed by atoms with E-state index in [4.69, 9.17) is 0 Å². The van der Waals surface area contributed by atoms with Crippen molar-refractivity contribution in [2.24, 2.45) is 5.92 Å². The molecule has 2 N–H and O–H groups in total. The first kappa shape index (κ1) is 19.4. The van der Waals surface area contributed by atoms with Crippen molar-refractivity contribution < 1.29 is 26.4 Å². The van der Waals surface area contributed by atoms with E-state index < -0.39 is 34.6 Å². The Morgan fingerprint density at radius 2 is 2.12 bits per heavy atom. The van der Waals surface area contributed by atoms with Crippen LogP contribution in [0.4, 0.5) is 19.0 Å². The van der Waals surface area contributed by atoms with Gasteiger partial charge in [-0.3, -0.25) is 4.79 Å². The van der Waals surface area contributed by atoms with E-state index >= 15 is 0 Å². The normalized spacial score (nSPS) is 18.9. The van der Waals surface area contributed by atoms with Gasteiger partial charge in [0.1, 0.15) is 17.3 Å². The predicted molar refractivity (Wildman–Crippen MR) is 84.5 cm³/mol. The Morgan fingerprint density at radius 3 is 2.68 bits per heavy atom. The lowest BCUT2D eigenvalue weighted by atomic mass is 9.97. The van der Waals surface area contributed by atoms with Crippen LogP contribution in [0.2, 0.25) is 0 Å². The molecule has 2 heterocycles. The van der Waals surface area contributed by atoms with E-state index in [-0.39, 0.29) is 11.4 Å². The Labute approximate surface area is 143 Å². The zero-order valence-electron chi connectivity index (χ0n) is 13.5. The Balaban J connectivity index is 2.02. The lowest BCUT2D eigenvalue weighted by Crippen LogP contribution is -2.45. The number of nitrogens with one attached hydrogen (secondary N) is 2. The van der Waals surface area contributed by atoms with Crippen LogP contribution < -0.4 is 14.9 Å². The van der Waals surface area contributed by atoms with Gasteiger partial charge in [-0.2, -0.15) is 13.2 Å². The Hall–Kier alpha value is -1.88. The fraction of sp³-hybridized carbons (Fsp3) is 0.571. The number of piperidine rings is 1. The average Bonchev–Trinajstić information content (AvgIpc) is 2.59. The van der Waals surface area contributed by atoms with Gasteiger partial charge >= 0.3 is 6.18 Å². The number of amides is 1. The maximum Gasteiger partial charge on any atom is 0.405 e. The van der Waals surface area contributed by atoms with Crippen molar-refractivity contribution in [2.45, 2.75) is 23.9 Å². The van der Waals surface area contributed by atoms with Gasteiger partial charge in [0.25, 0.3) is 0 Å². The summed E-state index contributed by atoms with van der Waals surface area (Å²) in [6, 6.07) is 2.90. The van der Waals surface area contributed by atoms with Crippen molar-refractivity contribution >= 4 is 21.7 Å². The van der Waals surface area contributed by atoms with Crippen LogP contribution in [0.5, 0.6) is 0 Å². The molecular weight excluding hydrogens is 361 g/mol. The largest absolute Gasteiger partial charge is 0.405 e. The van der Waals surface area contributed by atoms with Crippen LogP contribution in [0.25, 0.3) is 0 Å². The summed E-state index contributed by atoms with van der Waals surface area (Å²) in [7, 11) is -2.30. The number of nitrogens with zero attached hydrogens (tertiary/aromatic N) is 2. The van der Waals surface area contributed by atoms with Crippen molar-refractivity contribution in [3.8, 4) is 0 Å². The number of pyridine rings is 1. The number of rotatable bonds is 5. The minimum atomic E-state index is -4.44. The van der Waals surface area contributed by atoms with Gasteiger partial charge in [-0.15, -0.1) is 0 Å². The standard InChI is InChI=1S/C14H19F3N4O3S/c1-18-25(23,24)11-4-5-12(19-7-11)21-6-2-3-10(8-21)13(22)20-9-14(15,16)17/h4-5,7,10,18H,2-3,6,8-9H2,1H3,(H,20,22). The van der Waals surface area contributed by atoms with Gasteiger partial charge in [0.2, 0.25) is 15.9 Å². The molecule has 1 aliphatic rings. The summed E-state index contributed by atoms with van der Waals surface area (Å²) in [6.07, 6.45) is -2.12. The van der Waals surface area contributed by atoms with E-state index in [0.29, 0.717) is 25.2 Å². The van der Waals surface area contributed by atoms with Gasteiger partial charge in [-0.05, 0) is 32.0 Å². The average molecular weight is 380 g/mol. The molecule has 0 radical (unpaired) electrons. The SMILES string of the molecule is CNS(=O)(=O)c1ccc(N2CCCC(C(=O)NCC(F)(F)F)C2)nc1. The number of sulfonamides is 1. The molecule has 140 valence electrons. The Bertz CT molecular complexity index is 707. The van der Waals surface area contributed by atoms with Gasteiger partial charge in [0.05, 0.1) is 5.92 Å². The zero-order chi connectivity index (χ0) is 18.7. The fourth-order valence-corrected chi connectivity index (χ4v) is 3.24. The van der Waals surface area contributed by atoms with Crippen molar-refractivity contribution in [2.75, 3.05) is 31.6 Å². The summed E-state index contributed by atoms with van der Waals surface area (Å²) in [5, 5.41) is 1.90. The summed E-state index contributed by atoms with van der Waals surface area (Å²) in [4.78, 5) is 17.8. The Morgan fingerprint density at radius 1 is 1.40 bits per heavy atom. The summed E-state index contributed by atoms with van der Waals surface area (Å²) >= 11 is 0. The molecule has 2 rings (SSSR count). The molecule has 25 heavy (non-hydrogen) atoms. The first-order valence-electron chi connectivity index (χ1n) is 7.61. The van der Waals surface area contributed by atoms with Crippen LogP contribution >= 0.6 is 0 Å². The summed E-state index contributed by atoms with van der Waals surface area (Å²) in [5.41, 5.74) is 0. The topological polar surface area (TPSA) is 91.4 Å². The van der Waals surface area contributed by atoms with Crippen molar-refractivity contribution in [1.29, 1.82) is 0 Å². The zero-order valence-corrected chi connectivity index (χ0v) is 14.3. The van der Waals surface area contributed by atoms with Crippen LogP contribution in [-0.2, 0) is 14.8 Å². The van der Waals surface area contributed by atoms with Crippen molar-refractivity contribution in [3.63, 3.8) is 0 Å². The first-order valence-corrected chi connectivity index (χ1v) is 9.10. The number of alkyl halides is 3. The number of carbonyl (C=O) groups excluding carboxylic acids is 1. The van der Waals surface area contributed by atoms with Crippen LogP contribution in [0.15, 0.2) is 23.2 Å². The third kappa shape index (κ3) is 5.30. The predicted octanol–water partition coefficient (Wildman–Crippen LogP) is 0.885. The van der Waals surface area contributed by atoms with Crippen molar-refractivity contribution in [3.05, 3.63) is 18.3 Å². The quantitative estimate of drug-likeness (QED) is 0.792. The maximum atomic E-state index is 12.2. The highest BCUT2D eigenvalue weighted by molar-refractivity contribution is 7.89. The molecule has 1 aromatic rings. The van der Waals surface area contributed by atoms with Crippen LogP contribution in [-0.4, -0.2) is 52.2 Å². The molecule has 7 nitrogen and oxygen atoms in total. The van der Waals surface area contributed by atoms with Crippen LogP contribution in [0, 0.1) is 5.92 Å². The molecule has 1 unspecified atom stereocenters. The van der Waals surface area contributed by atoms with Gasteiger partial charge in [0.15, 0.2) is 0 Å². The minimum absolute atomic E-state index is 0.00947. The highest BCUT2D eigenvalue weighted by Gasteiger charge is 2.31. The van der Waals surface area contributed by atoms with Crippen molar-refractivity contribution in [1.82, 2.24) is 15.0 Å². The van der Waals surface area contributed by atoms with Gasteiger partial charge in [-0.25, -0.2) is 18.1 Å². The van der Waals surface area contributed by atoms with E-state index in [1.165, 1.54) is 25.4 Å². The molecule has 1 amide bonds. The number of anilines is 1. The smallest absolute Gasteiger partial charge is 0.356 e. The second-order valence-electron chi connectivity index (χ2n) is 5.68. The second-order valence-corrected chi connectivity index (χ2v) is 7.56. The van der Waals surface area contributed by atoms with E-state index in [9.17, 15) is 26.4 Å². The molecule has 1 fully saturated rings. The number of hydrogen-bond acceptors (Lipinski definition) is 5. The van der Waals surface area contributed by atoms with E-state index in [1.54, 1.807) is 4.90 Å². The molecule has 0 saturated carbocycles. The maximum absolute atomic E-state index is 12.2. The lowest BCUT2D eigenvalue weighted by molar-refractivity contribution is -0.140. The van der Waals surface area contributed by atoms with Gasteiger partial charge < -0.3 is 10.2 Å². The van der Waals surface area contributed by atoms with E-state index in [1.807, 2.05) is 5.32 Å². The summed E-state index contributed by atoms with van der Waals surface area (Å²) in [5.74, 6) is -0.738. The minimum Gasteiger partial charge on any atom is -0.356 e. The first-order chi connectivity index (χ1) is 11.6. The van der Waals surface area contributed by atoms with Crippen LogP contribution in [0.3, 0.4) is 0 Å². The van der Waals surface area contributed by atoms with Gasteiger partial charge in [-0.1, -0.05) is 0 Å². The molecular formula is C14H19F3N4O3S. The van der Waals surface area contributed by atoms with Crippen LogP contribution in [0.1, 0.15) is 12.8 Å². The molecule has 1 aromatic heterocycles. The molecule has 1 aliphatic heterocycles. The lowest BCUT2D eigenvalue weighted by Gasteiger charge is -2.33. The molecule has 0 bridgehead atoms. The number of hydrogen-bond donors (Lipinski definition) is 2. The highest BCUT2D eigenvalue weighted by atomic mass is 32.2. The third-order valence-electron chi connectivity index (χ3n) is 3.88. The molecule has 0 aromatic carbocycles. The molecule has 1 atom stereocenters. The third-order valence-corrected chi connectivity index (χ3v) is 5.28. The number of halogens is 3. The van der Waals surface area contributed by atoms with Gasteiger partial charge in [0, 0.05) is 19.3 Å². The number of carbonyl (C=O) groups is 1. The summed E-state index contributed by atoms with van der Waals surface area (Å²) in [6.45, 7) is -0.528. The monoisotopic (exact) mass is 380 g/mol. The van der Waals surface area contributed by atoms with E-state index in [0.717, 1.165) is 0 Å². The molecule has 0 spiro atoms. The summed E-state index contributed by atoms with van der Waals surface area (Å²) < 4.78 is 62.1. The Kier molecular flexibility index (Phi) is 5.88. The molecule has 0 aliphatic carbocycles. The molecule has 1 saturated heterocycles. The fourth-order valence-electron chi connectivity index (χ4n) is 2.57. The van der Waals surface area contributed by atoms with E-state index in [2.05, 4.69) is 9.71 Å². The molecule has 11 heteroatoms. The second kappa shape index (κ2) is 7.56.